The van der Waals surface area contributed by atoms with E-state index in [1.807, 2.05) is 56.3 Å². The number of rotatable bonds is 9. The van der Waals surface area contributed by atoms with E-state index in [0.717, 1.165) is 29.0 Å². The predicted octanol–water partition coefficient (Wildman–Crippen LogP) is 6.08. The van der Waals surface area contributed by atoms with Gasteiger partial charge in [0.05, 0.1) is 23.4 Å². The lowest BCUT2D eigenvalue weighted by Gasteiger charge is -2.13. The first kappa shape index (κ1) is 23.3. The van der Waals surface area contributed by atoms with Crippen molar-refractivity contribution in [2.75, 3.05) is 12.4 Å². The number of ketones is 1. The summed E-state index contributed by atoms with van der Waals surface area (Å²) >= 11 is 2.87. The molecule has 2 aromatic heterocycles. The molecule has 33 heavy (non-hydrogen) atoms. The van der Waals surface area contributed by atoms with Gasteiger partial charge in [0.15, 0.2) is 10.9 Å². The molecule has 0 aliphatic rings. The predicted molar refractivity (Wildman–Crippen MR) is 137 cm³/mol. The minimum Gasteiger partial charge on any atom is -0.494 e. The maximum Gasteiger partial charge on any atom is 0.267 e. The second-order valence-electron chi connectivity index (χ2n) is 7.62. The quantitative estimate of drug-likeness (QED) is 0.166. The molecule has 0 bridgehead atoms. The van der Waals surface area contributed by atoms with Crippen LogP contribution in [0.4, 0.5) is 0 Å². The van der Waals surface area contributed by atoms with Crippen molar-refractivity contribution in [2.45, 2.75) is 38.8 Å². The minimum atomic E-state index is -0.102. The molecule has 0 saturated heterocycles. The van der Waals surface area contributed by atoms with Gasteiger partial charge in [-0.3, -0.25) is 14.2 Å². The van der Waals surface area contributed by atoms with Crippen molar-refractivity contribution in [2.24, 2.45) is 0 Å². The normalized spacial score (nSPS) is 11.1. The van der Waals surface area contributed by atoms with E-state index < -0.39 is 0 Å². The Morgan fingerprint density at radius 3 is 2.48 bits per heavy atom. The van der Waals surface area contributed by atoms with Crippen molar-refractivity contribution in [3.05, 3.63) is 81.0 Å². The summed E-state index contributed by atoms with van der Waals surface area (Å²) in [6.07, 6.45) is 1.93. The van der Waals surface area contributed by atoms with Gasteiger partial charge in [-0.05, 0) is 50.1 Å². The zero-order valence-electron chi connectivity index (χ0n) is 19.0. The van der Waals surface area contributed by atoms with Gasteiger partial charge in [-0.15, -0.1) is 11.3 Å². The summed E-state index contributed by atoms with van der Waals surface area (Å²) in [5.74, 6) is 0.946. The second-order valence-corrected chi connectivity index (χ2v) is 9.65. The average Bonchev–Trinajstić information content (AvgIpc) is 3.14. The van der Waals surface area contributed by atoms with Gasteiger partial charge in [0.25, 0.3) is 5.56 Å². The molecule has 7 heteroatoms. The van der Waals surface area contributed by atoms with E-state index in [-0.39, 0.29) is 17.1 Å². The Hall–Kier alpha value is -2.90. The van der Waals surface area contributed by atoms with Crippen molar-refractivity contribution in [3.8, 4) is 11.4 Å². The lowest BCUT2D eigenvalue weighted by Crippen LogP contribution is -2.22. The molecule has 0 saturated carbocycles. The van der Waals surface area contributed by atoms with Crippen LogP contribution in [0.3, 0.4) is 0 Å². The van der Waals surface area contributed by atoms with Crippen molar-refractivity contribution in [1.82, 2.24) is 9.55 Å². The Labute approximate surface area is 201 Å². The third-order valence-corrected chi connectivity index (χ3v) is 7.53. The van der Waals surface area contributed by atoms with Gasteiger partial charge >= 0.3 is 0 Å². The molecule has 0 aliphatic carbocycles. The number of carbonyl (C=O) groups excluding carboxylic acids is 1. The number of hydrogen-bond donors (Lipinski definition) is 0. The summed E-state index contributed by atoms with van der Waals surface area (Å²) in [5, 5.41) is 1.18. The third-order valence-electron chi connectivity index (χ3n) is 5.34. The fourth-order valence-electron chi connectivity index (χ4n) is 3.70. The number of Topliss-reactive ketones (excluding diaryl/α,β-unsaturated/α-hetero) is 1. The zero-order valence-corrected chi connectivity index (χ0v) is 20.6. The van der Waals surface area contributed by atoms with Crippen LogP contribution in [0.15, 0.2) is 64.5 Å². The van der Waals surface area contributed by atoms with Gasteiger partial charge in [0, 0.05) is 10.4 Å². The first-order chi connectivity index (χ1) is 16.0. The lowest BCUT2D eigenvalue weighted by atomic mass is 10.1. The van der Waals surface area contributed by atoms with E-state index in [0.29, 0.717) is 28.4 Å². The molecule has 4 aromatic rings. The first-order valence-corrected chi connectivity index (χ1v) is 12.8. The smallest absolute Gasteiger partial charge is 0.267 e. The molecule has 4 rings (SSSR count). The van der Waals surface area contributed by atoms with Gasteiger partial charge in [-0.25, -0.2) is 4.98 Å². The number of nitrogens with zero attached hydrogens (tertiary/aromatic N) is 2. The molecular weight excluding hydrogens is 452 g/mol. The summed E-state index contributed by atoms with van der Waals surface area (Å²) in [5.41, 5.74) is 2.26. The number of ether oxygens (including phenoxy) is 1. The Morgan fingerprint density at radius 2 is 1.82 bits per heavy atom. The topological polar surface area (TPSA) is 61.2 Å². The number of benzene rings is 2. The van der Waals surface area contributed by atoms with E-state index >= 15 is 0 Å². The fraction of sp³-hybridized carbons (Fsp3) is 0.269. The SMILES string of the molecule is CCCc1sc2nc(SCC(=O)c3ccccc3)n(-c3ccc(OCC)cc3)c(=O)c2c1C. The van der Waals surface area contributed by atoms with E-state index in [4.69, 9.17) is 9.72 Å². The van der Waals surface area contributed by atoms with Crippen LogP contribution in [0.2, 0.25) is 0 Å². The first-order valence-electron chi connectivity index (χ1n) is 11.0. The fourth-order valence-corrected chi connectivity index (χ4v) is 5.92. The van der Waals surface area contributed by atoms with Crippen LogP contribution in [-0.2, 0) is 6.42 Å². The highest BCUT2D eigenvalue weighted by Crippen LogP contribution is 2.31. The lowest BCUT2D eigenvalue weighted by molar-refractivity contribution is 0.102. The molecule has 0 fully saturated rings. The molecule has 0 radical (unpaired) electrons. The number of thiophene rings is 1. The molecule has 0 N–H and O–H groups in total. The summed E-state index contributed by atoms with van der Waals surface area (Å²) in [6, 6.07) is 16.6. The highest BCUT2D eigenvalue weighted by Gasteiger charge is 2.20. The van der Waals surface area contributed by atoms with E-state index in [2.05, 4.69) is 6.92 Å². The Bertz CT molecular complexity index is 1330. The van der Waals surface area contributed by atoms with Crippen molar-refractivity contribution < 1.29 is 9.53 Å². The molecule has 170 valence electrons. The molecule has 0 spiro atoms. The second kappa shape index (κ2) is 10.4. The van der Waals surface area contributed by atoms with Crippen LogP contribution in [0.5, 0.6) is 5.75 Å². The van der Waals surface area contributed by atoms with Crippen LogP contribution in [0, 0.1) is 6.92 Å². The van der Waals surface area contributed by atoms with Crippen molar-refractivity contribution in [3.63, 3.8) is 0 Å². The zero-order chi connectivity index (χ0) is 23.4. The monoisotopic (exact) mass is 478 g/mol. The molecule has 0 atom stereocenters. The number of thioether (sulfide) groups is 1. The van der Waals surface area contributed by atoms with Crippen LogP contribution in [-0.4, -0.2) is 27.7 Å². The van der Waals surface area contributed by atoms with Crippen LogP contribution in [0.1, 0.15) is 41.1 Å². The maximum absolute atomic E-state index is 13.7. The number of aromatic nitrogens is 2. The van der Waals surface area contributed by atoms with Crippen molar-refractivity contribution in [1.29, 1.82) is 0 Å². The highest BCUT2D eigenvalue weighted by molar-refractivity contribution is 7.99. The van der Waals surface area contributed by atoms with Crippen molar-refractivity contribution >= 4 is 39.1 Å². The molecule has 2 aromatic carbocycles. The molecule has 0 aliphatic heterocycles. The largest absolute Gasteiger partial charge is 0.494 e. The van der Waals surface area contributed by atoms with Gasteiger partial charge in [-0.1, -0.05) is 55.4 Å². The maximum atomic E-state index is 13.7. The standard InChI is InChI=1S/C26H26N2O3S2/c1-4-9-22-17(3)23-24(33-22)27-26(32-16-21(29)18-10-7-6-8-11-18)28(25(23)30)19-12-14-20(15-13-19)31-5-2/h6-8,10-15H,4-5,9,16H2,1-3H3. The number of carbonyl (C=O) groups is 1. The van der Waals surface area contributed by atoms with Crippen LogP contribution >= 0.6 is 23.1 Å². The molecule has 2 heterocycles. The van der Waals surface area contributed by atoms with E-state index in [9.17, 15) is 9.59 Å². The van der Waals surface area contributed by atoms with Gasteiger partial charge in [0.2, 0.25) is 0 Å². The molecular formula is C26H26N2O3S2. The Morgan fingerprint density at radius 1 is 1.09 bits per heavy atom. The number of hydrogen-bond acceptors (Lipinski definition) is 6. The Kier molecular flexibility index (Phi) is 7.30. The Balaban J connectivity index is 1.79. The van der Waals surface area contributed by atoms with E-state index in [1.54, 1.807) is 28.0 Å². The van der Waals surface area contributed by atoms with Crippen LogP contribution in [0.25, 0.3) is 15.9 Å². The number of aryl methyl sites for hydroxylation is 2. The van der Waals surface area contributed by atoms with Crippen LogP contribution < -0.4 is 10.3 Å². The highest BCUT2D eigenvalue weighted by atomic mass is 32.2. The molecule has 0 unspecified atom stereocenters. The summed E-state index contributed by atoms with van der Waals surface area (Å²) in [4.78, 5) is 33.2. The average molecular weight is 479 g/mol. The summed E-state index contributed by atoms with van der Waals surface area (Å²) in [6.45, 7) is 6.64. The summed E-state index contributed by atoms with van der Waals surface area (Å²) < 4.78 is 7.17. The van der Waals surface area contributed by atoms with Gasteiger partial charge < -0.3 is 4.74 Å². The molecule has 5 nitrogen and oxygen atoms in total. The summed E-state index contributed by atoms with van der Waals surface area (Å²) in [7, 11) is 0. The molecule has 0 amide bonds. The van der Waals surface area contributed by atoms with Gasteiger partial charge in [-0.2, -0.15) is 0 Å². The van der Waals surface area contributed by atoms with E-state index in [1.165, 1.54) is 16.6 Å². The number of fused-ring (bicyclic) bond motifs is 1. The third kappa shape index (κ3) is 4.89. The minimum absolute atomic E-state index is 0.00206. The van der Waals surface area contributed by atoms with Gasteiger partial charge in [0.1, 0.15) is 10.6 Å².